The number of nitrogens with zero attached hydrogens (tertiary/aromatic N) is 3. The molecule has 1 aromatic heterocycles. The zero-order valence-corrected chi connectivity index (χ0v) is 11.0. The predicted molar refractivity (Wildman–Crippen MR) is 69.3 cm³/mol. The molecule has 0 saturated carbocycles. The van der Waals surface area contributed by atoms with Gasteiger partial charge in [-0.05, 0) is 48.3 Å². The maximum Gasteiger partial charge on any atom is 0.147 e. The molecule has 2 aliphatic heterocycles. The lowest BCUT2D eigenvalue weighted by atomic mass is 10.0. The zero-order valence-electron chi connectivity index (χ0n) is 8.88. The highest BCUT2D eigenvalue weighted by Gasteiger charge is 2.40. The van der Waals surface area contributed by atoms with Crippen molar-refractivity contribution in [2.24, 2.45) is 0 Å². The number of rotatable bonds is 1. The van der Waals surface area contributed by atoms with Crippen molar-refractivity contribution in [2.75, 3.05) is 4.90 Å². The molecule has 3 rings (SSSR count). The molecule has 3 heterocycles. The summed E-state index contributed by atoms with van der Waals surface area (Å²) in [6.07, 6.45) is 7.65. The number of hydrogen-bond donors (Lipinski definition) is 1. The molecule has 2 fully saturated rings. The van der Waals surface area contributed by atoms with Crippen LogP contribution >= 0.6 is 22.6 Å². The minimum Gasteiger partial charge on any atom is -0.393 e. The van der Waals surface area contributed by atoms with Crippen molar-refractivity contribution < 1.29 is 5.11 Å². The minimum absolute atomic E-state index is 0.120. The molecule has 5 heteroatoms. The Bertz CT molecular complexity index is 369. The summed E-state index contributed by atoms with van der Waals surface area (Å²) < 4.78 is 0.922. The predicted octanol–water partition coefficient (Wildman–Crippen LogP) is 1.57. The summed E-state index contributed by atoms with van der Waals surface area (Å²) in [6, 6.07) is 0.922. The second-order valence-corrected chi connectivity index (χ2v) is 5.72. The molecule has 86 valence electrons. The quantitative estimate of drug-likeness (QED) is 0.794. The van der Waals surface area contributed by atoms with Gasteiger partial charge >= 0.3 is 0 Å². The van der Waals surface area contributed by atoms with Crippen LogP contribution in [0.25, 0.3) is 0 Å². The van der Waals surface area contributed by atoms with Gasteiger partial charge < -0.3 is 10.0 Å². The lowest BCUT2D eigenvalue weighted by Gasteiger charge is -2.37. The number of aliphatic hydroxyl groups excluding tert-OH is 1. The summed E-state index contributed by atoms with van der Waals surface area (Å²) in [6.45, 7) is 0. The molecule has 2 bridgehead atoms. The van der Waals surface area contributed by atoms with Crippen LogP contribution in [0.5, 0.6) is 0 Å². The Morgan fingerprint density at radius 3 is 2.44 bits per heavy atom. The molecule has 2 aliphatic rings. The van der Waals surface area contributed by atoms with Crippen molar-refractivity contribution in [3.05, 3.63) is 16.1 Å². The van der Waals surface area contributed by atoms with E-state index in [1.165, 1.54) is 12.8 Å². The van der Waals surface area contributed by atoms with Crippen LogP contribution in [0.4, 0.5) is 5.82 Å². The average Bonchev–Trinajstić information content (AvgIpc) is 2.54. The van der Waals surface area contributed by atoms with Gasteiger partial charge in [-0.25, -0.2) is 9.97 Å². The van der Waals surface area contributed by atoms with Crippen LogP contribution in [0.3, 0.4) is 0 Å². The number of fused-ring (bicyclic) bond motifs is 2. The fraction of sp³-hybridized carbons (Fsp3) is 0.636. The second-order valence-electron chi connectivity index (χ2n) is 4.61. The standard InChI is InChI=1S/C11H14IN3O/c12-10-5-14-11(6-13-10)15-7-1-2-8(15)4-9(16)3-7/h5-9,16H,1-4H2. The monoisotopic (exact) mass is 331 g/mol. The number of anilines is 1. The van der Waals surface area contributed by atoms with Gasteiger partial charge in [-0.15, -0.1) is 0 Å². The summed E-state index contributed by atoms with van der Waals surface area (Å²) in [7, 11) is 0. The van der Waals surface area contributed by atoms with Gasteiger partial charge in [-0.3, -0.25) is 0 Å². The van der Waals surface area contributed by atoms with Crippen LogP contribution in [-0.4, -0.2) is 33.3 Å². The minimum atomic E-state index is -0.120. The molecule has 16 heavy (non-hydrogen) atoms. The number of hydrogen-bond acceptors (Lipinski definition) is 4. The van der Waals surface area contributed by atoms with Gasteiger partial charge in [-0.2, -0.15) is 0 Å². The summed E-state index contributed by atoms with van der Waals surface area (Å²) in [5.41, 5.74) is 0. The number of piperidine rings is 1. The van der Waals surface area contributed by atoms with Gasteiger partial charge in [0.05, 0.1) is 18.5 Å². The van der Waals surface area contributed by atoms with Crippen molar-refractivity contribution in [1.82, 2.24) is 9.97 Å². The Morgan fingerprint density at radius 2 is 1.88 bits per heavy atom. The molecule has 2 atom stereocenters. The van der Waals surface area contributed by atoms with Crippen molar-refractivity contribution in [3.63, 3.8) is 0 Å². The van der Waals surface area contributed by atoms with Gasteiger partial charge in [0.25, 0.3) is 0 Å². The highest BCUT2D eigenvalue weighted by atomic mass is 127. The van der Waals surface area contributed by atoms with Crippen molar-refractivity contribution in [2.45, 2.75) is 43.9 Å². The molecule has 0 aromatic carbocycles. The lowest BCUT2D eigenvalue weighted by Crippen LogP contribution is -2.45. The van der Waals surface area contributed by atoms with Crippen LogP contribution < -0.4 is 4.90 Å². The topological polar surface area (TPSA) is 49.2 Å². The van der Waals surface area contributed by atoms with Crippen molar-refractivity contribution >= 4 is 28.4 Å². The third kappa shape index (κ3) is 1.79. The van der Waals surface area contributed by atoms with E-state index in [-0.39, 0.29) is 6.10 Å². The van der Waals surface area contributed by atoms with Gasteiger partial charge in [0, 0.05) is 12.1 Å². The third-order valence-electron chi connectivity index (χ3n) is 3.58. The Hall–Kier alpha value is -0.430. The summed E-state index contributed by atoms with van der Waals surface area (Å²) in [5.74, 6) is 0.972. The van der Waals surface area contributed by atoms with E-state index in [4.69, 9.17) is 0 Å². The third-order valence-corrected chi connectivity index (χ3v) is 4.14. The summed E-state index contributed by atoms with van der Waals surface area (Å²) in [4.78, 5) is 11.1. The molecule has 4 nitrogen and oxygen atoms in total. The van der Waals surface area contributed by atoms with E-state index >= 15 is 0 Å². The van der Waals surface area contributed by atoms with E-state index < -0.39 is 0 Å². The molecule has 1 N–H and O–H groups in total. The molecule has 2 unspecified atom stereocenters. The normalized spacial score (nSPS) is 33.1. The molecule has 1 aromatic rings. The summed E-state index contributed by atoms with van der Waals surface area (Å²) >= 11 is 2.16. The Labute approximate surface area is 108 Å². The number of aliphatic hydroxyl groups is 1. The first kappa shape index (κ1) is 10.7. The molecular formula is C11H14IN3O. The van der Waals surface area contributed by atoms with Crippen LogP contribution in [-0.2, 0) is 0 Å². The molecule has 0 radical (unpaired) electrons. The van der Waals surface area contributed by atoms with Crippen LogP contribution in [0.1, 0.15) is 25.7 Å². The Balaban J connectivity index is 1.88. The fourth-order valence-electron chi connectivity index (χ4n) is 2.96. The van der Waals surface area contributed by atoms with Crippen LogP contribution in [0.15, 0.2) is 12.4 Å². The lowest BCUT2D eigenvalue weighted by molar-refractivity contribution is 0.126. The maximum absolute atomic E-state index is 9.73. The van der Waals surface area contributed by atoms with Crippen LogP contribution in [0, 0.1) is 3.70 Å². The van der Waals surface area contributed by atoms with E-state index in [0.29, 0.717) is 12.1 Å². The largest absolute Gasteiger partial charge is 0.393 e. The Kier molecular flexibility index (Phi) is 2.75. The highest BCUT2D eigenvalue weighted by Crippen LogP contribution is 2.38. The Morgan fingerprint density at radius 1 is 1.19 bits per heavy atom. The first-order chi connectivity index (χ1) is 7.74. The van der Waals surface area contributed by atoms with E-state index in [1.807, 2.05) is 6.20 Å². The SMILES string of the molecule is OC1CC2CCC(C1)N2c1cnc(I)cn1. The molecular weight excluding hydrogens is 317 g/mol. The van der Waals surface area contributed by atoms with Gasteiger partial charge in [0.1, 0.15) is 9.52 Å². The molecule has 0 spiro atoms. The van der Waals surface area contributed by atoms with E-state index in [0.717, 1.165) is 22.4 Å². The molecule has 2 saturated heterocycles. The average molecular weight is 331 g/mol. The first-order valence-corrected chi connectivity index (χ1v) is 6.76. The first-order valence-electron chi connectivity index (χ1n) is 5.68. The molecule has 0 aliphatic carbocycles. The second kappa shape index (κ2) is 4.10. The van der Waals surface area contributed by atoms with E-state index in [9.17, 15) is 5.11 Å². The van der Waals surface area contributed by atoms with Crippen molar-refractivity contribution in [1.29, 1.82) is 0 Å². The van der Waals surface area contributed by atoms with Crippen LogP contribution in [0.2, 0.25) is 0 Å². The van der Waals surface area contributed by atoms with Gasteiger partial charge in [0.15, 0.2) is 0 Å². The van der Waals surface area contributed by atoms with E-state index in [1.54, 1.807) is 6.20 Å². The van der Waals surface area contributed by atoms with Gasteiger partial charge in [-0.1, -0.05) is 0 Å². The number of aromatic nitrogens is 2. The maximum atomic E-state index is 9.73. The number of halogens is 1. The fourth-order valence-corrected chi connectivity index (χ4v) is 3.24. The smallest absolute Gasteiger partial charge is 0.147 e. The zero-order chi connectivity index (χ0) is 11.1. The molecule has 0 amide bonds. The summed E-state index contributed by atoms with van der Waals surface area (Å²) in [5, 5.41) is 9.73. The van der Waals surface area contributed by atoms with E-state index in [2.05, 4.69) is 37.5 Å². The van der Waals surface area contributed by atoms with Crippen molar-refractivity contribution in [3.8, 4) is 0 Å². The van der Waals surface area contributed by atoms with Gasteiger partial charge in [0.2, 0.25) is 0 Å². The highest BCUT2D eigenvalue weighted by molar-refractivity contribution is 14.1.